The molecule has 0 unspecified atom stereocenters. The summed E-state index contributed by atoms with van der Waals surface area (Å²) < 4.78 is 31.0. The number of hydrogen-bond donors (Lipinski definition) is 0. The minimum Gasteiger partial charge on any atom is -0.466 e. The highest BCUT2D eigenvalue weighted by Gasteiger charge is 2.31. The van der Waals surface area contributed by atoms with Gasteiger partial charge in [0.15, 0.2) is 15.7 Å². The molecular formula is C29H34N4O4S. The van der Waals surface area contributed by atoms with Crippen LogP contribution in [0.3, 0.4) is 0 Å². The number of fused-ring (bicyclic) bond motifs is 1. The van der Waals surface area contributed by atoms with Crippen LogP contribution in [0.25, 0.3) is 11.4 Å². The van der Waals surface area contributed by atoms with Crippen LogP contribution < -0.4 is 4.90 Å². The Hall–Kier alpha value is -3.30. The van der Waals surface area contributed by atoms with Crippen LogP contribution in [0, 0.1) is 5.92 Å². The van der Waals surface area contributed by atoms with Crippen molar-refractivity contribution in [3.63, 3.8) is 0 Å². The Bertz CT molecular complexity index is 1360. The van der Waals surface area contributed by atoms with Gasteiger partial charge in [0.25, 0.3) is 0 Å². The van der Waals surface area contributed by atoms with Crippen molar-refractivity contribution in [1.29, 1.82) is 0 Å². The molecule has 200 valence electrons. The molecule has 1 saturated heterocycles. The Balaban J connectivity index is 1.38. The summed E-state index contributed by atoms with van der Waals surface area (Å²) in [7, 11) is -3.36. The lowest BCUT2D eigenvalue weighted by molar-refractivity contribution is -0.148. The largest absolute Gasteiger partial charge is 0.466 e. The minimum absolute atomic E-state index is 0.0651. The summed E-state index contributed by atoms with van der Waals surface area (Å²) in [4.78, 5) is 27.1. The maximum atomic E-state index is 12.9. The summed E-state index contributed by atoms with van der Waals surface area (Å²) in [5.41, 5.74) is 3.04. The molecule has 3 heterocycles. The molecule has 0 bridgehead atoms. The van der Waals surface area contributed by atoms with E-state index in [-0.39, 0.29) is 17.6 Å². The maximum absolute atomic E-state index is 12.9. The number of rotatable bonds is 8. The van der Waals surface area contributed by atoms with E-state index >= 15 is 0 Å². The van der Waals surface area contributed by atoms with Crippen LogP contribution in [0.4, 0.5) is 5.82 Å². The van der Waals surface area contributed by atoms with Crippen molar-refractivity contribution in [3.8, 4) is 11.4 Å². The highest BCUT2D eigenvalue weighted by Crippen LogP contribution is 2.32. The maximum Gasteiger partial charge on any atom is 0.309 e. The molecule has 1 aromatic heterocycles. The molecule has 2 aliphatic rings. The second kappa shape index (κ2) is 11.6. The van der Waals surface area contributed by atoms with Gasteiger partial charge in [-0.15, -0.1) is 0 Å². The second-order valence-electron chi connectivity index (χ2n) is 9.83. The summed E-state index contributed by atoms with van der Waals surface area (Å²) in [6.45, 7) is 5.44. The van der Waals surface area contributed by atoms with E-state index in [1.807, 2.05) is 43.3 Å². The normalized spacial score (nSPS) is 16.7. The first-order valence-corrected chi connectivity index (χ1v) is 15.0. The van der Waals surface area contributed by atoms with Crippen molar-refractivity contribution >= 4 is 21.6 Å². The fourth-order valence-electron chi connectivity index (χ4n) is 5.20. The smallest absolute Gasteiger partial charge is 0.309 e. The first kappa shape index (κ1) is 26.3. The van der Waals surface area contributed by atoms with Crippen molar-refractivity contribution in [3.05, 3.63) is 71.9 Å². The molecule has 9 heteroatoms. The fourth-order valence-corrected chi connectivity index (χ4v) is 6.51. The number of aromatic nitrogens is 2. The summed E-state index contributed by atoms with van der Waals surface area (Å²) in [6, 6.07) is 18.6. The highest BCUT2D eigenvalue weighted by molar-refractivity contribution is 7.91. The van der Waals surface area contributed by atoms with Crippen molar-refractivity contribution in [2.45, 2.75) is 37.6 Å². The average molecular weight is 535 g/mol. The van der Waals surface area contributed by atoms with Crippen LogP contribution in [-0.4, -0.2) is 67.8 Å². The monoisotopic (exact) mass is 534 g/mol. The van der Waals surface area contributed by atoms with E-state index < -0.39 is 9.84 Å². The van der Waals surface area contributed by atoms with Gasteiger partial charge >= 0.3 is 5.97 Å². The number of carbonyl (C=O) groups excluding carboxylic acids is 1. The van der Waals surface area contributed by atoms with Crippen LogP contribution in [0.2, 0.25) is 0 Å². The first-order chi connectivity index (χ1) is 18.4. The van der Waals surface area contributed by atoms with Crippen LogP contribution >= 0.6 is 0 Å². The topological polar surface area (TPSA) is 92.7 Å². The average Bonchev–Trinajstić information content (AvgIpc) is 2.96. The van der Waals surface area contributed by atoms with Gasteiger partial charge in [0.1, 0.15) is 5.82 Å². The number of sulfone groups is 1. The van der Waals surface area contributed by atoms with Gasteiger partial charge in [0.2, 0.25) is 0 Å². The molecule has 0 radical (unpaired) electrons. The van der Waals surface area contributed by atoms with Gasteiger partial charge in [-0.25, -0.2) is 18.4 Å². The van der Waals surface area contributed by atoms with E-state index in [0.717, 1.165) is 48.4 Å². The summed E-state index contributed by atoms with van der Waals surface area (Å²) in [5.74, 6) is 1.46. The zero-order chi connectivity index (χ0) is 26.5. The van der Waals surface area contributed by atoms with Crippen molar-refractivity contribution in [2.24, 2.45) is 5.92 Å². The van der Waals surface area contributed by atoms with E-state index in [4.69, 9.17) is 14.7 Å². The molecule has 0 amide bonds. The first-order valence-electron chi connectivity index (χ1n) is 13.3. The summed E-state index contributed by atoms with van der Waals surface area (Å²) in [6.07, 6.45) is 2.17. The lowest BCUT2D eigenvalue weighted by atomic mass is 9.96. The molecular weight excluding hydrogens is 500 g/mol. The molecule has 2 aromatic carbocycles. The quantitative estimate of drug-likeness (QED) is 0.404. The van der Waals surface area contributed by atoms with Crippen LogP contribution in [0.5, 0.6) is 0 Å². The van der Waals surface area contributed by atoms with Gasteiger partial charge in [0, 0.05) is 50.3 Å². The van der Waals surface area contributed by atoms with E-state index in [9.17, 15) is 13.2 Å². The lowest BCUT2D eigenvalue weighted by Crippen LogP contribution is -2.40. The van der Waals surface area contributed by atoms with E-state index in [1.165, 1.54) is 0 Å². The number of carbonyl (C=O) groups is 1. The molecule has 5 rings (SSSR count). The van der Waals surface area contributed by atoms with Crippen molar-refractivity contribution < 1.29 is 17.9 Å². The Labute approximate surface area is 224 Å². The van der Waals surface area contributed by atoms with Gasteiger partial charge in [0.05, 0.1) is 28.9 Å². The van der Waals surface area contributed by atoms with Gasteiger partial charge in [-0.2, -0.15) is 0 Å². The Morgan fingerprint density at radius 2 is 1.66 bits per heavy atom. The number of esters is 1. The molecule has 8 nitrogen and oxygen atoms in total. The third-order valence-corrected chi connectivity index (χ3v) is 9.05. The van der Waals surface area contributed by atoms with E-state index in [2.05, 4.69) is 9.80 Å². The number of piperidine rings is 1. The van der Waals surface area contributed by atoms with Crippen molar-refractivity contribution in [2.75, 3.05) is 43.4 Å². The molecule has 0 atom stereocenters. The van der Waals surface area contributed by atoms with Gasteiger partial charge in [-0.1, -0.05) is 48.5 Å². The third-order valence-electron chi connectivity index (χ3n) is 7.34. The molecule has 3 aromatic rings. The standard InChI is InChI=1S/C29H34N4O4S/c1-2-37-29(34)23-13-17-33(18-14-23)28-25-21-32(19-20-38(35,36)24-11-7-4-8-12-24)16-15-26(25)30-27(31-28)22-9-5-3-6-10-22/h3-12,23H,2,13-21H2,1H3. The van der Waals surface area contributed by atoms with Gasteiger partial charge in [-0.3, -0.25) is 9.69 Å². The Morgan fingerprint density at radius 1 is 0.974 bits per heavy atom. The number of hydrogen-bond acceptors (Lipinski definition) is 8. The zero-order valence-corrected chi connectivity index (χ0v) is 22.6. The molecule has 38 heavy (non-hydrogen) atoms. The minimum atomic E-state index is -3.36. The predicted octanol–water partition coefficient (Wildman–Crippen LogP) is 3.76. The Morgan fingerprint density at radius 3 is 2.34 bits per heavy atom. The summed E-state index contributed by atoms with van der Waals surface area (Å²) in [5, 5.41) is 0. The molecule has 0 N–H and O–H groups in total. The Kier molecular flexibility index (Phi) is 8.04. The van der Waals surface area contributed by atoms with Crippen LogP contribution in [-0.2, 0) is 32.3 Å². The molecule has 0 saturated carbocycles. The van der Waals surface area contributed by atoms with Crippen LogP contribution in [0.1, 0.15) is 31.0 Å². The zero-order valence-electron chi connectivity index (χ0n) is 21.8. The summed E-state index contributed by atoms with van der Waals surface area (Å²) >= 11 is 0. The molecule has 0 spiro atoms. The second-order valence-corrected chi connectivity index (χ2v) is 11.9. The van der Waals surface area contributed by atoms with Crippen molar-refractivity contribution in [1.82, 2.24) is 14.9 Å². The molecule has 1 fully saturated rings. The number of nitrogens with zero attached hydrogens (tertiary/aromatic N) is 4. The third kappa shape index (κ3) is 5.89. The lowest BCUT2D eigenvalue weighted by Gasteiger charge is -2.36. The highest BCUT2D eigenvalue weighted by atomic mass is 32.2. The van der Waals surface area contributed by atoms with E-state index in [1.54, 1.807) is 24.3 Å². The number of anilines is 1. The van der Waals surface area contributed by atoms with E-state index in [0.29, 0.717) is 43.5 Å². The molecule has 0 aliphatic carbocycles. The van der Waals surface area contributed by atoms with Gasteiger partial charge in [-0.05, 0) is 31.9 Å². The number of ether oxygens (including phenoxy) is 1. The fraction of sp³-hybridized carbons (Fsp3) is 0.414. The SMILES string of the molecule is CCOC(=O)C1CCN(c2nc(-c3ccccc3)nc3c2CN(CCS(=O)(=O)c2ccccc2)CC3)CC1. The van der Waals surface area contributed by atoms with Crippen LogP contribution in [0.15, 0.2) is 65.6 Å². The van der Waals surface area contributed by atoms with Gasteiger partial charge < -0.3 is 9.64 Å². The predicted molar refractivity (Wildman–Crippen MR) is 147 cm³/mol. The molecule has 2 aliphatic heterocycles. The number of benzene rings is 2.